The van der Waals surface area contributed by atoms with Gasteiger partial charge in [0.1, 0.15) is 12.8 Å². The highest BCUT2D eigenvalue weighted by atomic mass is 31.2. The molecule has 0 aliphatic carbocycles. The lowest BCUT2D eigenvalue weighted by molar-refractivity contribution is -0.142. The maximum atomic E-state index is 14.5. The van der Waals surface area contributed by atoms with E-state index in [4.69, 9.17) is 14.2 Å². The number of hydrogen-bond acceptors (Lipinski definition) is 7. The Labute approximate surface area is 239 Å². The van der Waals surface area contributed by atoms with Crippen LogP contribution in [-0.4, -0.2) is 56.2 Å². The number of aryl methyl sites for hydroxylation is 6. The van der Waals surface area contributed by atoms with Crippen molar-refractivity contribution in [1.29, 1.82) is 0 Å². The van der Waals surface area contributed by atoms with Crippen LogP contribution in [0.2, 0.25) is 0 Å². The summed E-state index contributed by atoms with van der Waals surface area (Å²) < 4.78 is 30.7. The summed E-state index contributed by atoms with van der Waals surface area (Å²) in [5.41, 5.74) is 3.16. The quantitative estimate of drug-likeness (QED) is 0.114. The summed E-state index contributed by atoms with van der Waals surface area (Å²) in [5, 5.41) is 0. The van der Waals surface area contributed by atoms with Gasteiger partial charge in [-0.15, -0.1) is 0 Å². The van der Waals surface area contributed by atoms with Crippen LogP contribution >= 0.6 is 7.14 Å². The molecule has 40 heavy (non-hydrogen) atoms. The number of carbonyl (C=O) groups is 3. The van der Waals surface area contributed by atoms with Gasteiger partial charge in [0.25, 0.3) is 0 Å². The molecule has 0 bridgehead atoms. The minimum Gasteiger partial charge on any atom is -0.463 e. The Bertz CT molecular complexity index is 1130. The molecule has 0 amide bonds. The molecule has 0 radical (unpaired) electrons. The first kappa shape index (κ1) is 33.6. The van der Waals surface area contributed by atoms with Crippen LogP contribution in [0.4, 0.5) is 0 Å². The molecule has 0 N–H and O–H groups in total. The van der Waals surface area contributed by atoms with Crippen LogP contribution in [-0.2, 0) is 23.6 Å². The van der Waals surface area contributed by atoms with Crippen molar-refractivity contribution in [1.82, 2.24) is 0 Å². The predicted octanol–water partition coefficient (Wildman–Crippen LogP) is 7.04. The van der Waals surface area contributed by atoms with Crippen LogP contribution in [0, 0.1) is 41.5 Å². The molecular formula is C32H45O7P. The Morgan fingerprint density at radius 3 is 1.50 bits per heavy atom. The van der Waals surface area contributed by atoms with Crippen molar-refractivity contribution < 1.29 is 33.2 Å². The maximum Gasteiger partial charge on any atom is 0.314 e. The van der Waals surface area contributed by atoms with E-state index >= 15 is 0 Å². The number of ether oxygens (including phenoxy) is 3. The molecule has 0 saturated heterocycles. The van der Waals surface area contributed by atoms with E-state index in [1.807, 2.05) is 38.1 Å². The first-order chi connectivity index (χ1) is 18.9. The number of unbranched alkanes of at least 4 members (excludes halogenated alkanes) is 3. The minimum absolute atomic E-state index is 0.0805. The standard InChI is InChI=1S/C32H45O7P/c1-8-9-10-11-12-37-13-14-38-15-16-39-28(33)21-40(36,31(34)29-24(4)17-22(2)18-25(29)5)32(35)30-26(6)19-23(3)20-27(30)7/h17-20H,8-16,21H2,1-7H3. The van der Waals surface area contributed by atoms with Crippen LogP contribution in [0.15, 0.2) is 24.3 Å². The molecule has 2 rings (SSSR count). The highest BCUT2D eigenvalue weighted by molar-refractivity contribution is 7.96. The summed E-state index contributed by atoms with van der Waals surface area (Å²) in [6, 6.07) is 7.23. The molecule has 0 atom stereocenters. The highest BCUT2D eigenvalue weighted by Gasteiger charge is 2.45. The monoisotopic (exact) mass is 572 g/mol. The third kappa shape index (κ3) is 9.22. The van der Waals surface area contributed by atoms with Crippen molar-refractivity contribution in [2.75, 3.05) is 39.2 Å². The van der Waals surface area contributed by atoms with E-state index in [1.54, 1.807) is 27.7 Å². The molecule has 8 heteroatoms. The van der Waals surface area contributed by atoms with Crippen LogP contribution in [0.1, 0.15) is 86.7 Å². The number of carbonyl (C=O) groups excluding carboxylic acids is 3. The van der Waals surface area contributed by atoms with Gasteiger partial charge in [-0.1, -0.05) is 61.6 Å². The van der Waals surface area contributed by atoms with Gasteiger partial charge in [-0.3, -0.25) is 14.4 Å². The van der Waals surface area contributed by atoms with Crippen molar-refractivity contribution in [3.05, 3.63) is 68.8 Å². The van der Waals surface area contributed by atoms with E-state index in [2.05, 4.69) is 6.92 Å². The van der Waals surface area contributed by atoms with Crippen molar-refractivity contribution in [3.8, 4) is 0 Å². The molecule has 0 unspecified atom stereocenters. The van der Waals surface area contributed by atoms with Crippen molar-refractivity contribution in [2.45, 2.75) is 74.1 Å². The average Bonchev–Trinajstić information content (AvgIpc) is 2.85. The van der Waals surface area contributed by atoms with E-state index in [9.17, 15) is 18.9 Å². The smallest absolute Gasteiger partial charge is 0.314 e. The van der Waals surface area contributed by atoms with E-state index in [1.165, 1.54) is 12.8 Å². The van der Waals surface area contributed by atoms with Crippen LogP contribution < -0.4 is 0 Å². The molecule has 0 spiro atoms. The molecule has 2 aromatic carbocycles. The van der Waals surface area contributed by atoms with E-state index in [0.29, 0.717) is 42.1 Å². The van der Waals surface area contributed by atoms with Crippen LogP contribution in [0.3, 0.4) is 0 Å². The Kier molecular flexibility index (Phi) is 13.4. The second kappa shape index (κ2) is 16.0. The largest absolute Gasteiger partial charge is 0.463 e. The van der Waals surface area contributed by atoms with Gasteiger partial charge in [0.05, 0.1) is 19.8 Å². The molecular weight excluding hydrogens is 527 g/mol. The van der Waals surface area contributed by atoms with Crippen molar-refractivity contribution in [3.63, 3.8) is 0 Å². The first-order valence-corrected chi connectivity index (χ1v) is 16.0. The molecule has 7 nitrogen and oxygen atoms in total. The van der Waals surface area contributed by atoms with Gasteiger partial charge in [0, 0.05) is 17.7 Å². The van der Waals surface area contributed by atoms with Gasteiger partial charge in [0.2, 0.25) is 18.2 Å². The van der Waals surface area contributed by atoms with Gasteiger partial charge >= 0.3 is 5.97 Å². The third-order valence-electron chi connectivity index (χ3n) is 6.79. The third-order valence-corrected chi connectivity index (χ3v) is 9.26. The number of rotatable bonds is 17. The van der Waals surface area contributed by atoms with Gasteiger partial charge < -0.3 is 18.8 Å². The summed E-state index contributed by atoms with van der Waals surface area (Å²) in [6.07, 6.45) is 3.74. The second-order valence-electron chi connectivity index (χ2n) is 10.6. The van der Waals surface area contributed by atoms with Crippen molar-refractivity contribution >= 4 is 24.2 Å². The normalized spacial score (nSPS) is 11.5. The zero-order valence-electron chi connectivity index (χ0n) is 25.2. The molecule has 0 aliphatic heterocycles. The molecule has 0 aromatic heterocycles. The SMILES string of the molecule is CCCCCCOCCOCCOC(=O)CP(=O)(C(=O)c1c(C)cc(C)cc1C)C(=O)c1c(C)cc(C)cc1C. The fourth-order valence-electron chi connectivity index (χ4n) is 5.03. The highest BCUT2D eigenvalue weighted by Crippen LogP contribution is 2.53. The fourth-order valence-corrected chi connectivity index (χ4v) is 7.38. The molecule has 0 fully saturated rings. The van der Waals surface area contributed by atoms with Crippen molar-refractivity contribution in [2.24, 2.45) is 0 Å². The summed E-state index contributed by atoms with van der Waals surface area (Å²) in [7, 11) is -4.43. The Hall–Kier alpha value is -2.60. The second-order valence-corrected chi connectivity index (χ2v) is 13.2. The molecule has 0 heterocycles. The Morgan fingerprint density at radius 1 is 0.625 bits per heavy atom. The Morgan fingerprint density at radius 2 is 1.05 bits per heavy atom. The number of esters is 1. The van der Waals surface area contributed by atoms with Crippen LogP contribution in [0.5, 0.6) is 0 Å². The van der Waals surface area contributed by atoms with Gasteiger partial charge in [-0.05, 0) is 70.2 Å². The summed E-state index contributed by atoms with van der Waals surface area (Å²) in [4.78, 5) is 40.6. The lowest BCUT2D eigenvalue weighted by Crippen LogP contribution is -2.23. The lowest BCUT2D eigenvalue weighted by Gasteiger charge is -2.20. The summed E-state index contributed by atoms with van der Waals surface area (Å²) >= 11 is 0. The Balaban J connectivity index is 2.14. The fraction of sp³-hybridized carbons (Fsp3) is 0.531. The van der Waals surface area contributed by atoms with E-state index < -0.39 is 30.3 Å². The predicted molar refractivity (Wildman–Crippen MR) is 159 cm³/mol. The van der Waals surface area contributed by atoms with E-state index in [-0.39, 0.29) is 24.3 Å². The summed E-state index contributed by atoms with van der Waals surface area (Å²) in [6.45, 7) is 14.5. The van der Waals surface area contributed by atoms with E-state index in [0.717, 1.165) is 24.0 Å². The number of benzene rings is 2. The molecule has 2 aromatic rings. The molecule has 0 aliphatic rings. The molecule has 220 valence electrons. The minimum atomic E-state index is -4.43. The zero-order valence-corrected chi connectivity index (χ0v) is 26.1. The van der Waals surface area contributed by atoms with Gasteiger partial charge in [-0.25, -0.2) is 0 Å². The lowest BCUT2D eigenvalue weighted by atomic mass is 10.0. The number of hydrogen-bond donors (Lipinski definition) is 0. The average molecular weight is 573 g/mol. The zero-order chi connectivity index (χ0) is 29.9. The first-order valence-electron chi connectivity index (χ1n) is 14.1. The summed E-state index contributed by atoms with van der Waals surface area (Å²) in [5.74, 6) is -0.870. The molecule has 0 saturated carbocycles. The van der Waals surface area contributed by atoms with Gasteiger partial charge in [-0.2, -0.15) is 0 Å². The van der Waals surface area contributed by atoms with Crippen LogP contribution in [0.25, 0.3) is 0 Å². The van der Waals surface area contributed by atoms with Gasteiger partial charge in [0.15, 0.2) is 0 Å². The topological polar surface area (TPSA) is 96.0 Å². The maximum absolute atomic E-state index is 14.5.